The molecule has 0 aliphatic carbocycles. The summed E-state index contributed by atoms with van der Waals surface area (Å²) in [6, 6.07) is 5.74. The largest absolute Gasteiger partial charge is 0.598 e. The highest BCUT2D eigenvalue weighted by atomic mass is 32.2. The van der Waals surface area contributed by atoms with Crippen LogP contribution in [0.3, 0.4) is 0 Å². The van der Waals surface area contributed by atoms with Crippen LogP contribution in [0.2, 0.25) is 0 Å². The molecule has 0 radical (unpaired) electrons. The van der Waals surface area contributed by atoms with E-state index in [9.17, 15) is 8.94 Å². The van der Waals surface area contributed by atoms with Crippen LogP contribution in [-0.4, -0.2) is 9.30 Å². The SMILES string of the molecule is CC(N[S@@+]([O-])C(C)(C)C)c1cc(F)cc(C#N)c1. The van der Waals surface area contributed by atoms with Gasteiger partial charge < -0.3 is 4.55 Å². The van der Waals surface area contributed by atoms with Gasteiger partial charge in [-0.25, -0.2) is 4.39 Å². The third-order valence-electron chi connectivity index (χ3n) is 2.39. The predicted molar refractivity (Wildman–Crippen MR) is 70.6 cm³/mol. The van der Waals surface area contributed by atoms with Gasteiger partial charge in [0.2, 0.25) is 0 Å². The topological polar surface area (TPSA) is 58.9 Å². The lowest BCUT2D eigenvalue weighted by Gasteiger charge is -2.26. The Bertz CT molecular complexity index is 465. The molecule has 0 spiro atoms. The summed E-state index contributed by atoms with van der Waals surface area (Å²) in [7, 11) is 0. The number of nitriles is 1. The lowest BCUT2D eigenvalue weighted by Crippen LogP contribution is -2.40. The van der Waals surface area contributed by atoms with Crippen LogP contribution >= 0.6 is 0 Å². The van der Waals surface area contributed by atoms with E-state index >= 15 is 0 Å². The molecule has 5 heteroatoms. The third kappa shape index (κ3) is 3.98. The minimum absolute atomic E-state index is 0.264. The highest BCUT2D eigenvalue weighted by Crippen LogP contribution is 2.21. The lowest BCUT2D eigenvalue weighted by atomic mass is 10.1. The van der Waals surface area contributed by atoms with Crippen LogP contribution in [0, 0.1) is 17.1 Å². The molecular weight excluding hydrogens is 251 g/mol. The van der Waals surface area contributed by atoms with E-state index in [1.807, 2.05) is 26.8 Å². The molecule has 2 atom stereocenters. The number of nitrogens with one attached hydrogen (secondary N) is 1. The third-order valence-corrected chi connectivity index (χ3v) is 4.07. The first-order valence-corrected chi connectivity index (χ1v) is 6.77. The van der Waals surface area contributed by atoms with Crippen molar-refractivity contribution in [2.24, 2.45) is 0 Å². The quantitative estimate of drug-likeness (QED) is 0.857. The van der Waals surface area contributed by atoms with Crippen molar-refractivity contribution in [2.45, 2.75) is 38.5 Å². The molecule has 1 aromatic carbocycles. The summed E-state index contributed by atoms with van der Waals surface area (Å²) in [4.78, 5) is 0. The highest BCUT2D eigenvalue weighted by molar-refractivity contribution is 7.90. The Morgan fingerprint density at radius 2 is 2.00 bits per heavy atom. The number of hydrogen-bond donors (Lipinski definition) is 1. The van der Waals surface area contributed by atoms with Gasteiger partial charge in [0.25, 0.3) is 0 Å². The van der Waals surface area contributed by atoms with Crippen molar-refractivity contribution < 1.29 is 8.94 Å². The zero-order valence-corrected chi connectivity index (χ0v) is 11.8. The minimum atomic E-state index is -1.24. The first kappa shape index (κ1) is 15.0. The molecule has 0 saturated heterocycles. The molecule has 18 heavy (non-hydrogen) atoms. The maximum atomic E-state index is 13.3. The summed E-state index contributed by atoms with van der Waals surface area (Å²) in [5.41, 5.74) is 0.879. The lowest BCUT2D eigenvalue weighted by molar-refractivity contribution is 0.530. The Morgan fingerprint density at radius 3 is 2.50 bits per heavy atom. The Morgan fingerprint density at radius 1 is 1.39 bits per heavy atom. The summed E-state index contributed by atoms with van der Waals surface area (Å²) < 4.78 is 27.7. The van der Waals surface area contributed by atoms with Crippen LogP contribution in [0.5, 0.6) is 0 Å². The predicted octanol–water partition coefficient (Wildman–Crippen LogP) is 2.81. The van der Waals surface area contributed by atoms with Crippen molar-refractivity contribution in [3.8, 4) is 6.07 Å². The monoisotopic (exact) mass is 268 g/mol. The second kappa shape index (κ2) is 5.70. The van der Waals surface area contributed by atoms with Crippen molar-refractivity contribution in [3.63, 3.8) is 0 Å². The van der Waals surface area contributed by atoms with Gasteiger partial charge in [0.1, 0.15) is 10.6 Å². The molecule has 0 saturated carbocycles. The summed E-state index contributed by atoms with van der Waals surface area (Å²) in [5, 5.41) is 8.78. The summed E-state index contributed by atoms with van der Waals surface area (Å²) >= 11 is -1.24. The van der Waals surface area contributed by atoms with Gasteiger partial charge in [-0.15, -0.1) is 4.72 Å². The maximum Gasteiger partial charge on any atom is 0.136 e. The molecule has 1 unspecified atom stereocenters. The molecule has 0 fully saturated rings. The van der Waals surface area contributed by atoms with Gasteiger partial charge >= 0.3 is 0 Å². The van der Waals surface area contributed by atoms with E-state index < -0.39 is 17.2 Å². The van der Waals surface area contributed by atoms with Crippen LogP contribution < -0.4 is 4.72 Å². The molecule has 3 nitrogen and oxygen atoms in total. The Labute approximate surface area is 110 Å². The summed E-state index contributed by atoms with van der Waals surface area (Å²) in [6.07, 6.45) is 0. The molecule has 0 amide bonds. The van der Waals surface area contributed by atoms with E-state index in [2.05, 4.69) is 4.72 Å². The van der Waals surface area contributed by atoms with Crippen molar-refractivity contribution in [1.29, 1.82) is 5.26 Å². The number of nitrogens with zero attached hydrogens (tertiary/aromatic N) is 1. The van der Waals surface area contributed by atoms with Crippen molar-refractivity contribution in [2.75, 3.05) is 0 Å². The van der Waals surface area contributed by atoms with Gasteiger partial charge in [0.15, 0.2) is 0 Å². The molecule has 1 aromatic rings. The Kier molecular flexibility index (Phi) is 4.74. The highest BCUT2D eigenvalue weighted by Gasteiger charge is 2.28. The van der Waals surface area contributed by atoms with E-state index in [1.165, 1.54) is 12.1 Å². The first-order chi connectivity index (χ1) is 8.24. The van der Waals surface area contributed by atoms with Crippen molar-refractivity contribution in [3.05, 3.63) is 35.1 Å². The smallest absolute Gasteiger partial charge is 0.136 e. The standard InChI is InChI=1S/C13H17FN2OS/c1-9(16-18(17)13(2,3)4)11-5-10(8-15)6-12(14)7-11/h5-7,9,16H,1-4H3/t9?,18-/m0/s1. The number of hydrogen-bond acceptors (Lipinski definition) is 3. The molecule has 1 N–H and O–H groups in total. The number of halogens is 1. The second-order valence-electron chi connectivity index (χ2n) is 5.11. The van der Waals surface area contributed by atoms with Crippen molar-refractivity contribution in [1.82, 2.24) is 4.72 Å². The van der Waals surface area contributed by atoms with Crippen molar-refractivity contribution >= 4 is 11.4 Å². The van der Waals surface area contributed by atoms with Crippen LogP contribution in [0.15, 0.2) is 18.2 Å². The van der Waals surface area contributed by atoms with Crippen LogP contribution in [0.1, 0.15) is 44.9 Å². The molecule has 1 rings (SSSR count). The Hall–Kier alpha value is -1.09. The van der Waals surface area contributed by atoms with Gasteiger partial charge in [0, 0.05) is 11.4 Å². The van der Waals surface area contributed by atoms with E-state index in [-0.39, 0.29) is 16.4 Å². The fraction of sp³-hybridized carbons (Fsp3) is 0.462. The molecule has 0 heterocycles. The van der Waals surface area contributed by atoms with E-state index in [0.29, 0.717) is 5.56 Å². The zero-order chi connectivity index (χ0) is 13.9. The second-order valence-corrected chi connectivity index (χ2v) is 7.10. The summed E-state index contributed by atoms with van der Waals surface area (Å²) in [5.74, 6) is -0.459. The zero-order valence-electron chi connectivity index (χ0n) is 11.0. The molecule has 98 valence electrons. The van der Waals surface area contributed by atoms with E-state index in [1.54, 1.807) is 13.0 Å². The molecular formula is C13H17FN2OS. The van der Waals surface area contributed by atoms with Gasteiger partial charge in [0.05, 0.1) is 17.7 Å². The average Bonchev–Trinajstić information content (AvgIpc) is 2.26. The van der Waals surface area contributed by atoms with E-state index in [4.69, 9.17) is 5.26 Å². The summed E-state index contributed by atoms with van der Waals surface area (Å²) in [6.45, 7) is 7.36. The number of benzene rings is 1. The van der Waals surface area contributed by atoms with Gasteiger partial charge in [-0.3, -0.25) is 0 Å². The van der Waals surface area contributed by atoms with Crippen LogP contribution in [-0.2, 0) is 11.4 Å². The Balaban J connectivity index is 2.88. The minimum Gasteiger partial charge on any atom is -0.598 e. The molecule has 0 aliphatic rings. The fourth-order valence-corrected chi connectivity index (χ4v) is 2.14. The van der Waals surface area contributed by atoms with Gasteiger partial charge in [-0.2, -0.15) is 5.26 Å². The fourth-order valence-electron chi connectivity index (χ4n) is 1.33. The maximum absolute atomic E-state index is 13.3. The van der Waals surface area contributed by atoms with Crippen LogP contribution in [0.25, 0.3) is 0 Å². The van der Waals surface area contributed by atoms with Gasteiger partial charge in [-0.05, 0) is 51.5 Å². The number of rotatable bonds is 3. The van der Waals surface area contributed by atoms with Crippen LogP contribution in [0.4, 0.5) is 4.39 Å². The van der Waals surface area contributed by atoms with Gasteiger partial charge in [-0.1, -0.05) is 0 Å². The average molecular weight is 268 g/mol. The molecule has 0 aromatic heterocycles. The van der Waals surface area contributed by atoms with E-state index in [0.717, 1.165) is 0 Å². The molecule has 0 bridgehead atoms. The normalized spacial score (nSPS) is 14.9. The molecule has 0 aliphatic heterocycles. The first-order valence-electron chi connectivity index (χ1n) is 5.62.